The van der Waals surface area contributed by atoms with Crippen LogP contribution in [0.25, 0.3) is 0 Å². The van der Waals surface area contributed by atoms with E-state index < -0.39 is 16.1 Å². The zero-order valence-electron chi connectivity index (χ0n) is 17.2. The quantitative estimate of drug-likeness (QED) is 0.453. The van der Waals surface area contributed by atoms with Gasteiger partial charge in [-0.25, -0.2) is 13.4 Å². The number of carbonyl (C=O) groups excluding carboxylic acids is 1. The number of nitrogens with zero attached hydrogens (tertiary/aromatic N) is 1. The fourth-order valence-corrected chi connectivity index (χ4v) is 4.31. The molecule has 0 aliphatic rings. The minimum Gasteiger partial charge on any atom is -0.355 e. The van der Waals surface area contributed by atoms with Crippen LogP contribution in [-0.4, -0.2) is 31.9 Å². The molecule has 31 heavy (non-hydrogen) atoms. The highest BCUT2D eigenvalue weighted by molar-refractivity contribution is 7.89. The second-order valence-electron chi connectivity index (χ2n) is 7.19. The first kappa shape index (κ1) is 22.7. The monoisotopic (exact) mass is 436 g/mol. The second-order valence-corrected chi connectivity index (χ2v) is 8.85. The first-order chi connectivity index (χ1) is 15.0. The number of carbonyl (C=O) groups is 1. The highest BCUT2D eigenvalue weighted by atomic mass is 32.2. The summed E-state index contributed by atoms with van der Waals surface area (Å²) in [5, 5.41) is 2.76. The molecule has 2 aromatic carbocycles. The molecule has 1 aromatic heterocycles. The number of pyridine rings is 1. The topological polar surface area (TPSA) is 88.2 Å². The molecule has 1 heterocycles. The predicted octanol–water partition coefficient (Wildman–Crippen LogP) is 2.91. The van der Waals surface area contributed by atoms with Crippen molar-refractivity contribution in [3.63, 3.8) is 0 Å². The Morgan fingerprint density at radius 1 is 0.935 bits per heavy atom. The number of hydrogen-bond acceptors (Lipinski definition) is 4. The maximum atomic E-state index is 12.8. The third kappa shape index (κ3) is 7.31. The van der Waals surface area contributed by atoms with Crippen molar-refractivity contribution in [2.45, 2.75) is 36.8 Å². The summed E-state index contributed by atoms with van der Waals surface area (Å²) < 4.78 is 27.9. The maximum absolute atomic E-state index is 12.8. The summed E-state index contributed by atoms with van der Waals surface area (Å²) in [5.41, 5.74) is 2.10. The largest absolute Gasteiger partial charge is 0.355 e. The fourth-order valence-electron chi connectivity index (χ4n) is 3.17. The number of rotatable bonds is 11. The lowest BCUT2D eigenvalue weighted by molar-refractivity contribution is -0.122. The van der Waals surface area contributed by atoms with Crippen molar-refractivity contribution in [3.8, 4) is 0 Å². The highest BCUT2D eigenvalue weighted by Gasteiger charge is 2.26. The molecule has 0 saturated carbocycles. The van der Waals surface area contributed by atoms with Crippen molar-refractivity contribution in [3.05, 3.63) is 96.2 Å². The maximum Gasteiger partial charge on any atom is 0.258 e. The summed E-state index contributed by atoms with van der Waals surface area (Å²) >= 11 is 0. The van der Waals surface area contributed by atoms with Crippen LogP contribution in [0.4, 0.5) is 0 Å². The van der Waals surface area contributed by atoms with Crippen LogP contribution in [0.5, 0.6) is 0 Å². The second kappa shape index (κ2) is 11.4. The van der Waals surface area contributed by atoms with Crippen LogP contribution in [0.1, 0.15) is 24.0 Å². The van der Waals surface area contributed by atoms with Gasteiger partial charge in [0, 0.05) is 12.7 Å². The Labute approximate surface area is 183 Å². The lowest BCUT2D eigenvalue weighted by Gasteiger charge is -2.18. The summed E-state index contributed by atoms with van der Waals surface area (Å²) in [6.07, 6.45) is 4.32. The Bertz CT molecular complexity index is 1040. The number of benzene rings is 2. The number of amides is 1. The molecular weight excluding hydrogens is 410 g/mol. The number of hydrogen-bond donors (Lipinski definition) is 2. The summed E-state index contributed by atoms with van der Waals surface area (Å²) in [4.78, 5) is 16.7. The number of nitrogens with one attached hydrogen (secondary N) is 2. The van der Waals surface area contributed by atoms with Gasteiger partial charge in [0.05, 0.1) is 0 Å². The highest BCUT2D eigenvalue weighted by Crippen LogP contribution is 2.09. The molecule has 1 radical (unpaired) electrons. The van der Waals surface area contributed by atoms with E-state index in [2.05, 4.69) is 33.2 Å². The summed E-state index contributed by atoms with van der Waals surface area (Å²) in [5.74, 6) is -0.355. The van der Waals surface area contributed by atoms with Crippen molar-refractivity contribution >= 4 is 15.9 Å². The number of aryl methyl sites for hydroxylation is 1. The van der Waals surface area contributed by atoms with Crippen LogP contribution in [0.3, 0.4) is 0 Å². The molecule has 0 unspecified atom stereocenters. The molecule has 1 amide bonds. The van der Waals surface area contributed by atoms with Crippen LogP contribution >= 0.6 is 0 Å². The van der Waals surface area contributed by atoms with Crippen LogP contribution in [0.15, 0.2) is 84.0 Å². The van der Waals surface area contributed by atoms with E-state index in [-0.39, 0.29) is 17.4 Å². The SMILES string of the molecule is O=C(NCCCCc1ccccc1)[C@H](Cc1cc[c]cc1)NS(=O)(=O)c1ccccn1. The fraction of sp³-hybridized carbons (Fsp3) is 0.250. The lowest BCUT2D eigenvalue weighted by atomic mass is 10.1. The average molecular weight is 437 g/mol. The predicted molar refractivity (Wildman–Crippen MR) is 120 cm³/mol. The third-order valence-electron chi connectivity index (χ3n) is 4.79. The van der Waals surface area contributed by atoms with Gasteiger partial charge in [-0.15, -0.1) is 0 Å². The Kier molecular flexibility index (Phi) is 8.32. The van der Waals surface area contributed by atoms with E-state index in [1.54, 1.807) is 24.3 Å². The summed E-state index contributed by atoms with van der Waals surface area (Å²) in [6.45, 7) is 0.482. The molecule has 0 bridgehead atoms. The van der Waals surface area contributed by atoms with Gasteiger partial charge >= 0.3 is 0 Å². The molecular formula is C24H26N3O3S. The van der Waals surface area contributed by atoms with Crippen molar-refractivity contribution in [2.24, 2.45) is 0 Å². The molecule has 3 aromatic rings. The van der Waals surface area contributed by atoms with Crippen LogP contribution in [-0.2, 0) is 27.7 Å². The van der Waals surface area contributed by atoms with Gasteiger partial charge in [-0.3, -0.25) is 4.79 Å². The number of unbranched alkanes of at least 4 members (excludes halogenated alkanes) is 1. The Morgan fingerprint density at radius 2 is 1.68 bits per heavy atom. The Hall–Kier alpha value is -3.03. The molecule has 0 spiro atoms. The molecule has 1 atom stereocenters. The van der Waals surface area contributed by atoms with Gasteiger partial charge in [0.1, 0.15) is 6.04 Å². The van der Waals surface area contributed by atoms with Crippen molar-refractivity contribution < 1.29 is 13.2 Å². The van der Waals surface area contributed by atoms with Gasteiger partial charge in [0.15, 0.2) is 5.03 Å². The molecule has 161 valence electrons. The van der Waals surface area contributed by atoms with Crippen molar-refractivity contribution in [2.75, 3.05) is 6.54 Å². The van der Waals surface area contributed by atoms with E-state index in [0.717, 1.165) is 24.8 Å². The van der Waals surface area contributed by atoms with E-state index in [1.807, 2.05) is 30.3 Å². The smallest absolute Gasteiger partial charge is 0.258 e. The number of aromatic nitrogens is 1. The molecule has 0 saturated heterocycles. The van der Waals surface area contributed by atoms with Crippen molar-refractivity contribution in [1.82, 2.24) is 15.0 Å². The molecule has 0 fully saturated rings. The zero-order valence-corrected chi connectivity index (χ0v) is 18.0. The van der Waals surface area contributed by atoms with Gasteiger partial charge in [-0.05, 0) is 55.0 Å². The van der Waals surface area contributed by atoms with Crippen molar-refractivity contribution in [1.29, 1.82) is 0 Å². The summed E-state index contributed by atoms with van der Waals surface area (Å²) in [6, 6.07) is 23.9. The van der Waals surface area contributed by atoms with E-state index in [9.17, 15) is 13.2 Å². The van der Waals surface area contributed by atoms with E-state index in [4.69, 9.17) is 0 Å². The van der Waals surface area contributed by atoms with Gasteiger partial charge in [0.25, 0.3) is 10.0 Å². The molecule has 2 N–H and O–H groups in total. The zero-order chi connectivity index (χ0) is 21.9. The lowest BCUT2D eigenvalue weighted by Crippen LogP contribution is -2.48. The minimum atomic E-state index is -3.93. The van der Waals surface area contributed by atoms with Crippen LogP contribution in [0.2, 0.25) is 0 Å². The average Bonchev–Trinajstić information content (AvgIpc) is 2.80. The number of sulfonamides is 1. The third-order valence-corrected chi connectivity index (χ3v) is 6.18. The molecule has 3 rings (SSSR count). The first-order valence-corrected chi connectivity index (χ1v) is 11.7. The van der Waals surface area contributed by atoms with Gasteiger partial charge in [-0.2, -0.15) is 4.72 Å². The van der Waals surface area contributed by atoms with E-state index >= 15 is 0 Å². The Balaban J connectivity index is 1.59. The first-order valence-electron chi connectivity index (χ1n) is 10.2. The van der Waals surface area contributed by atoms with Gasteiger partial charge in [0.2, 0.25) is 5.91 Å². The molecule has 6 nitrogen and oxygen atoms in total. The molecule has 0 aliphatic carbocycles. The summed E-state index contributed by atoms with van der Waals surface area (Å²) in [7, 11) is -3.93. The van der Waals surface area contributed by atoms with Crippen LogP contribution in [0, 0.1) is 6.07 Å². The molecule has 7 heteroatoms. The Morgan fingerprint density at radius 3 is 2.39 bits per heavy atom. The van der Waals surface area contributed by atoms with Gasteiger partial charge in [-0.1, -0.05) is 60.7 Å². The minimum absolute atomic E-state index is 0.114. The molecule has 0 aliphatic heterocycles. The normalized spacial score (nSPS) is 12.3. The van der Waals surface area contributed by atoms with E-state index in [1.165, 1.54) is 17.8 Å². The van der Waals surface area contributed by atoms with Gasteiger partial charge < -0.3 is 5.32 Å². The van der Waals surface area contributed by atoms with Crippen LogP contribution < -0.4 is 10.0 Å². The standard InChI is InChI=1S/C24H26N3O3S/c28-24(26-18-9-7-13-20-11-3-1-4-12-20)22(19-21-14-5-2-6-15-21)27-31(29,30)23-16-8-10-17-25-23/h1,3-6,8,10-12,14-17,22,27H,7,9,13,18-19H2,(H,26,28)/t22-/m0/s1. The van der Waals surface area contributed by atoms with E-state index in [0.29, 0.717) is 6.54 Å².